The summed E-state index contributed by atoms with van der Waals surface area (Å²) < 4.78 is 0. The van der Waals surface area contributed by atoms with Crippen LogP contribution in [0.2, 0.25) is 0 Å². The number of allylic oxidation sites excluding steroid dienone is 3. The van der Waals surface area contributed by atoms with Gasteiger partial charge in [0.25, 0.3) is 0 Å². The van der Waals surface area contributed by atoms with E-state index in [4.69, 9.17) is 5.41 Å². The van der Waals surface area contributed by atoms with Crippen LogP contribution in [0.15, 0.2) is 54.4 Å². The molecule has 2 rings (SSSR count). The van der Waals surface area contributed by atoms with E-state index in [-0.39, 0.29) is 0 Å². The van der Waals surface area contributed by atoms with Crippen LogP contribution in [-0.4, -0.2) is 5.71 Å². The smallest absolute Gasteiger partial charge is 0.0843 e. The second kappa shape index (κ2) is 3.92. The Hall–Kier alpha value is -1.83. The predicted octanol–water partition coefficient (Wildman–Crippen LogP) is 2.45. The Bertz CT molecular complexity index is 388. The van der Waals surface area contributed by atoms with Gasteiger partial charge in [0, 0.05) is 5.56 Å². The fourth-order valence-corrected chi connectivity index (χ4v) is 1.40. The maximum atomic E-state index is 7.96. The van der Waals surface area contributed by atoms with Gasteiger partial charge in [-0.1, -0.05) is 42.5 Å². The Kier molecular flexibility index (Phi) is 2.45. The first kappa shape index (κ1) is 8.75. The van der Waals surface area contributed by atoms with Crippen LogP contribution in [0.4, 0.5) is 0 Å². The van der Waals surface area contributed by atoms with Gasteiger partial charge in [0.2, 0.25) is 0 Å². The second-order valence-electron chi connectivity index (χ2n) is 3.14. The molecule has 2 nitrogen and oxygen atoms in total. The third-order valence-electron chi connectivity index (χ3n) is 2.15. The highest BCUT2D eigenvalue weighted by atomic mass is 14.9. The lowest BCUT2D eigenvalue weighted by atomic mass is 10.1. The van der Waals surface area contributed by atoms with Crippen LogP contribution in [0.5, 0.6) is 0 Å². The van der Waals surface area contributed by atoms with Gasteiger partial charge in [-0.3, -0.25) is 5.41 Å². The van der Waals surface area contributed by atoms with Crippen LogP contribution in [0.25, 0.3) is 0 Å². The summed E-state index contributed by atoms with van der Waals surface area (Å²) in [5.74, 6) is 0. The predicted molar refractivity (Wildman–Crippen MR) is 58.2 cm³/mol. The first-order chi connectivity index (χ1) is 6.88. The highest BCUT2D eigenvalue weighted by Crippen LogP contribution is 2.09. The Morgan fingerprint density at radius 2 is 2.00 bits per heavy atom. The summed E-state index contributed by atoms with van der Waals surface area (Å²) in [6.07, 6.45) is 6.83. The molecule has 1 heterocycles. The van der Waals surface area contributed by atoms with Crippen molar-refractivity contribution in [3.8, 4) is 0 Å². The molecular formula is C12H12N2. The van der Waals surface area contributed by atoms with E-state index in [2.05, 4.69) is 5.32 Å². The van der Waals surface area contributed by atoms with Crippen molar-refractivity contribution in [1.82, 2.24) is 5.32 Å². The zero-order valence-corrected chi connectivity index (χ0v) is 7.83. The number of hydrogen-bond acceptors (Lipinski definition) is 2. The second-order valence-corrected chi connectivity index (χ2v) is 3.14. The van der Waals surface area contributed by atoms with E-state index in [1.54, 1.807) is 0 Å². The third kappa shape index (κ3) is 1.74. The van der Waals surface area contributed by atoms with Crippen molar-refractivity contribution in [1.29, 1.82) is 5.41 Å². The Labute approximate surface area is 83.5 Å². The van der Waals surface area contributed by atoms with E-state index < -0.39 is 0 Å². The summed E-state index contributed by atoms with van der Waals surface area (Å²) in [5.41, 5.74) is 2.38. The molecule has 14 heavy (non-hydrogen) atoms. The first-order valence-electron chi connectivity index (χ1n) is 4.64. The van der Waals surface area contributed by atoms with Gasteiger partial charge in [0.05, 0.1) is 11.4 Å². The molecule has 0 saturated carbocycles. The van der Waals surface area contributed by atoms with Crippen molar-refractivity contribution in [2.45, 2.75) is 6.42 Å². The average Bonchev–Trinajstić information content (AvgIpc) is 2.30. The zero-order valence-electron chi connectivity index (χ0n) is 7.83. The Morgan fingerprint density at radius 1 is 1.21 bits per heavy atom. The molecule has 0 bridgehead atoms. The van der Waals surface area contributed by atoms with Gasteiger partial charge in [-0.2, -0.15) is 0 Å². The van der Waals surface area contributed by atoms with Crippen molar-refractivity contribution < 1.29 is 0 Å². The molecule has 1 aromatic rings. The number of dihydropyridines is 1. The van der Waals surface area contributed by atoms with Crippen molar-refractivity contribution in [2.24, 2.45) is 0 Å². The van der Waals surface area contributed by atoms with E-state index >= 15 is 0 Å². The average molecular weight is 184 g/mol. The van der Waals surface area contributed by atoms with Gasteiger partial charge < -0.3 is 5.32 Å². The molecule has 2 N–H and O–H groups in total. The maximum absolute atomic E-state index is 7.96. The molecule has 0 fully saturated rings. The summed E-state index contributed by atoms with van der Waals surface area (Å²) in [6, 6.07) is 9.75. The molecule has 1 aromatic carbocycles. The molecule has 1 aliphatic rings. The van der Waals surface area contributed by atoms with E-state index in [0.29, 0.717) is 5.71 Å². The molecular weight excluding hydrogens is 172 g/mol. The molecule has 0 amide bonds. The first-order valence-corrected chi connectivity index (χ1v) is 4.64. The van der Waals surface area contributed by atoms with Crippen LogP contribution in [0.1, 0.15) is 12.0 Å². The quantitative estimate of drug-likeness (QED) is 0.680. The molecule has 2 heteroatoms. The Balaban J connectivity index is 2.21. The van der Waals surface area contributed by atoms with Gasteiger partial charge in [-0.15, -0.1) is 0 Å². The summed E-state index contributed by atoms with van der Waals surface area (Å²) >= 11 is 0. The molecule has 0 radical (unpaired) electrons. The maximum Gasteiger partial charge on any atom is 0.0843 e. The number of benzene rings is 1. The molecule has 0 aliphatic carbocycles. The molecule has 0 unspecified atom stereocenters. The molecule has 0 saturated heterocycles. The van der Waals surface area contributed by atoms with Crippen LogP contribution in [0.3, 0.4) is 0 Å². The largest absolute Gasteiger partial charge is 0.361 e. The van der Waals surface area contributed by atoms with E-state index in [9.17, 15) is 0 Å². The summed E-state index contributed by atoms with van der Waals surface area (Å²) in [4.78, 5) is 0. The monoisotopic (exact) mass is 184 g/mol. The normalized spacial score (nSPS) is 14.4. The summed E-state index contributed by atoms with van der Waals surface area (Å²) in [5, 5.41) is 11.0. The molecule has 70 valence electrons. The van der Waals surface area contributed by atoms with Gasteiger partial charge in [0.15, 0.2) is 0 Å². The SMILES string of the molecule is N=C(C1=CCC=CN1)c1ccccc1. The van der Waals surface area contributed by atoms with Crippen LogP contribution >= 0.6 is 0 Å². The zero-order chi connectivity index (χ0) is 9.80. The van der Waals surface area contributed by atoms with E-state index in [1.807, 2.05) is 48.7 Å². The lowest BCUT2D eigenvalue weighted by Crippen LogP contribution is -2.17. The molecule has 1 aliphatic heterocycles. The van der Waals surface area contributed by atoms with Gasteiger partial charge >= 0.3 is 0 Å². The molecule has 0 atom stereocenters. The molecule has 0 aromatic heterocycles. The fourth-order valence-electron chi connectivity index (χ4n) is 1.40. The fraction of sp³-hybridized carbons (Fsp3) is 0.0833. The lowest BCUT2D eigenvalue weighted by molar-refractivity contribution is 1.06. The third-order valence-corrected chi connectivity index (χ3v) is 2.15. The number of rotatable bonds is 2. The lowest BCUT2D eigenvalue weighted by Gasteiger charge is -2.11. The summed E-state index contributed by atoms with van der Waals surface area (Å²) in [6.45, 7) is 0. The van der Waals surface area contributed by atoms with Crippen molar-refractivity contribution in [3.05, 3.63) is 59.9 Å². The van der Waals surface area contributed by atoms with Crippen LogP contribution in [0, 0.1) is 5.41 Å². The van der Waals surface area contributed by atoms with Crippen molar-refractivity contribution in [3.63, 3.8) is 0 Å². The standard InChI is InChI=1S/C12H12N2/c13-12(10-6-2-1-3-7-10)11-8-4-5-9-14-11/h1-3,5-9,13-14H,4H2. The van der Waals surface area contributed by atoms with Gasteiger partial charge in [-0.25, -0.2) is 0 Å². The minimum absolute atomic E-state index is 0.551. The van der Waals surface area contributed by atoms with Gasteiger partial charge in [0.1, 0.15) is 0 Å². The minimum Gasteiger partial charge on any atom is -0.361 e. The molecule has 0 spiro atoms. The van der Waals surface area contributed by atoms with Gasteiger partial charge in [-0.05, 0) is 12.6 Å². The van der Waals surface area contributed by atoms with E-state index in [1.165, 1.54) is 0 Å². The number of hydrogen-bond donors (Lipinski definition) is 2. The highest BCUT2D eigenvalue weighted by Gasteiger charge is 2.06. The topological polar surface area (TPSA) is 35.9 Å². The van der Waals surface area contributed by atoms with Crippen LogP contribution < -0.4 is 5.32 Å². The van der Waals surface area contributed by atoms with Crippen molar-refractivity contribution in [2.75, 3.05) is 0 Å². The van der Waals surface area contributed by atoms with E-state index in [0.717, 1.165) is 17.7 Å². The van der Waals surface area contributed by atoms with Crippen LogP contribution in [-0.2, 0) is 0 Å². The highest BCUT2D eigenvalue weighted by molar-refractivity contribution is 6.10. The Morgan fingerprint density at radius 3 is 2.64 bits per heavy atom. The number of nitrogens with one attached hydrogen (secondary N) is 2. The van der Waals surface area contributed by atoms with Crippen molar-refractivity contribution >= 4 is 5.71 Å². The minimum atomic E-state index is 0.551. The summed E-state index contributed by atoms with van der Waals surface area (Å²) in [7, 11) is 0.